The van der Waals surface area contributed by atoms with Crippen LogP contribution in [0.15, 0.2) is 53.5 Å². The van der Waals surface area contributed by atoms with E-state index >= 15 is 0 Å². The minimum absolute atomic E-state index is 0. The Morgan fingerprint density at radius 1 is 1.11 bits per heavy atom. The maximum atomic E-state index is 13.5. The van der Waals surface area contributed by atoms with Crippen molar-refractivity contribution in [2.45, 2.75) is 26.4 Å². The van der Waals surface area contributed by atoms with Crippen LogP contribution in [0.25, 0.3) is 0 Å². The van der Waals surface area contributed by atoms with E-state index in [0.717, 1.165) is 18.7 Å². The molecule has 28 heavy (non-hydrogen) atoms. The average Bonchev–Trinajstić information content (AvgIpc) is 2.70. The van der Waals surface area contributed by atoms with Crippen LogP contribution in [-0.4, -0.2) is 42.6 Å². The lowest BCUT2D eigenvalue weighted by molar-refractivity contribution is 0.219. The molecule has 5 nitrogen and oxygen atoms in total. The second-order valence-corrected chi connectivity index (χ2v) is 6.24. The van der Waals surface area contributed by atoms with E-state index in [1.807, 2.05) is 6.07 Å². The summed E-state index contributed by atoms with van der Waals surface area (Å²) in [6, 6.07) is 15.0. The number of rotatable bonds is 8. The normalized spacial score (nSPS) is 12.4. The van der Waals surface area contributed by atoms with Crippen LogP contribution in [0, 0.1) is 5.82 Å². The van der Waals surface area contributed by atoms with Crippen molar-refractivity contribution in [2.24, 2.45) is 4.99 Å². The Morgan fingerprint density at radius 3 is 2.36 bits per heavy atom. The lowest BCUT2D eigenvalue weighted by Gasteiger charge is -2.30. The number of phenolic OH excluding ortho intramolecular Hbond substituents is 1. The number of halogens is 2. The van der Waals surface area contributed by atoms with E-state index in [4.69, 9.17) is 0 Å². The third-order valence-corrected chi connectivity index (χ3v) is 4.60. The Morgan fingerprint density at radius 2 is 1.79 bits per heavy atom. The van der Waals surface area contributed by atoms with Crippen molar-refractivity contribution in [1.82, 2.24) is 15.5 Å². The van der Waals surface area contributed by atoms with Crippen LogP contribution in [0.1, 0.15) is 31.0 Å². The van der Waals surface area contributed by atoms with Crippen LogP contribution in [0.2, 0.25) is 0 Å². The van der Waals surface area contributed by atoms with Crippen molar-refractivity contribution in [1.29, 1.82) is 0 Å². The van der Waals surface area contributed by atoms with Crippen LogP contribution >= 0.6 is 24.0 Å². The lowest BCUT2D eigenvalue weighted by Crippen LogP contribution is -2.43. The van der Waals surface area contributed by atoms with Crippen LogP contribution in [-0.2, 0) is 6.54 Å². The molecule has 154 valence electrons. The molecule has 7 heteroatoms. The predicted octanol–water partition coefficient (Wildman–Crippen LogP) is 3.90. The zero-order valence-corrected chi connectivity index (χ0v) is 19.0. The molecule has 1 unspecified atom stereocenters. The largest absolute Gasteiger partial charge is 0.505 e. The first kappa shape index (κ1) is 24.2. The fraction of sp³-hybridized carbons (Fsp3) is 0.381. The van der Waals surface area contributed by atoms with Gasteiger partial charge in [-0.05, 0) is 36.3 Å². The molecule has 0 aliphatic carbocycles. The molecular weight excluding hydrogens is 470 g/mol. The van der Waals surface area contributed by atoms with E-state index in [9.17, 15) is 9.50 Å². The van der Waals surface area contributed by atoms with Gasteiger partial charge in [0.05, 0.1) is 6.04 Å². The molecule has 0 radical (unpaired) electrons. The Bertz CT molecular complexity index is 738. The van der Waals surface area contributed by atoms with E-state index in [0.29, 0.717) is 19.0 Å². The fourth-order valence-corrected chi connectivity index (χ4v) is 3.06. The average molecular weight is 500 g/mol. The summed E-state index contributed by atoms with van der Waals surface area (Å²) in [5.74, 6) is -0.314. The summed E-state index contributed by atoms with van der Waals surface area (Å²) < 4.78 is 13.5. The standard InChI is InChI=1S/C21H29FN4O.HI/c1-4-26(5-2)19(17-9-7-6-8-10-17)15-25-21(23-3)24-14-16-11-12-20(27)18(22)13-16;/h6-13,19,27H,4-5,14-15H2,1-3H3,(H2,23,24,25);1H. The Labute approximate surface area is 184 Å². The highest BCUT2D eigenvalue weighted by molar-refractivity contribution is 14.0. The molecule has 0 saturated heterocycles. The van der Waals surface area contributed by atoms with E-state index in [2.05, 4.69) is 58.6 Å². The number of hydrogen-bond acceptors (Lipinski definition) is 3. The molecule has 0 fully saturated rings. The molecule has 1 atom stereocenters. The molecule has 0 spiro atoms. The lowest BCUT2D eigenvalue weighted by atomic mass is 10.1. The van der Waals surface area contributed by atoms with Gasteiger partial charge in [-0.2, -0.15) is 0 Å². The smallest absolute Gasteiger partial charge is 0.191 e. The summed E-state index contributed by atoms with van der Waals surface area (Å²) in [4.78, 5) is 6.65. The van der Waals surface area contributed by atoms with E-state index < -0.39 is 5.82 Å². The topological polar surface area (TPSA) is 59.9 Å². The van der Waals surface area contributed by atoms with Gasteiger partial charge < -0.3 is 15.7 Å². The van der Waals surface area contributed by atoms with Crippen molar-refractivity contribution in [3.63, 3.8) is 0 Å². The number of phenols is 1. The van der Waals surface area contributed by atoms with Crippen molar-refractivity contribution >= 4 is 29.9 Å². The van der Waals surface area contributed by atoms with Gasteiger partial charge >= 0.3 is 0 Å². The first-order chi connectivity index (χ1) is 13.1. The molecule has 0 aromatic heterocycles. The number of nitrogens with zero attached hydrogens (tertiary/aromatic N) is 2. The maximum absolute atomic E-state index is 13.5. The molecule has 0 saturated carbocycles. The first-order valence-electron chi connectivity index (χ1n) is 9.29. The number of aliphatic imine (C=N–C) groups is 1. The Balaban J connectivity index is 0.00000392. The van der Waals surface area contributed by atoms with Gasteiger partial charge in [0.25, 0.3) is 0 Å². The van der Waals surface area contributed by atoms with Gasteiger partial charge in [0, 0.05) is 20.1 Å². The number of guanidine groups is 1. The van der Waals surface area contributed by atoms with Gasteiger partial charge in [0.15, 0.2) is 17.5 Å². The third kappa shape index (κ3) is 6.94. The van der Waals surface area contributed by atoms with Gasteiger partial charge in [-0.15, -0.1) is 24.0 Å². The van der Waals surface area contributed by atoms with Gasteiger partial charge in [-0.3, -0.25) is 9.89 Å². The minimum atomic E-state index is -0.622. The van der Waals surface area contributed by atoms with Gasteiger partial charge in [0.2, 0.25) is 0 Å². The van der Waals surface area contributed by atoms with Crippen LogP contribution in [0.3, 0.4) is 0 Å². The number of benzene rings is 2. The summed E-state index contributed by atoms with van der Waals surface area (Å²) >= 11 is 0. The second kappa shape index (κ2) is 12.6. The molecule has 0 amide bonds. The summed E-state index contributed by atoms with van der Waals surface area (Å²) in [6.07, 6.45) is 0. The molecule has 0 aliphatic rings. The molecule has 0 bridgehead atoms. The summed E-state index contributed by atoms with van der Waals surface area (Å²) in [5.41, 5.74) is 1.99. The summed E-state index contributed by atoms with van der Waals surface area (Å²) in [7, 11) is 1.71. The number of hydrogen-bond donors (Lipinski definition) is 3. The second-order valence-electron chi connectivity index (χ2n) is 6.24. The monoisotopic (exact) mass is 500 g/mol. The molecular formula is C21H30FIN4O. The zero-order chi connectivity index (χ0) is 19.6. The molecule has 2 aromatic rings. The van der Waals surface area contributed by atoms with Gasteiger partial charge in [-0.25, -0.2) is 4.39 Å². The van der Waals surface area contributed by atoms with Crippen molar-refractivity contribution in [2.75, 3.05) is 26.7 Å². The quantitative estimate of drug-likeness (QED) is 0.293. The van der Waals surface area contributed by atoms with Gasteiger partial charge in [0.1, 0.15) is 0 Å². The molecule has 2 aromatic carbocycles. The highest BCUT2D eigenvalue weighted by Crippen LogP contribution is 2.19. The predicted molar refractivity (Wildman–Crippen MR) is 124 cm³/mol. The number of aromatic hydroxyl groups is 1. The van der Waals surface area contributed by atoms with E-state index in [1.165, 1.54) is 17.7 Å². The molecule has 2 rings (SSSR count). The molecule has 3 N–H and O–H groups in total. The van der Waals surface area contributed by atoms with E-state index in [1.54, 1.807) is 13.1 Å². The summed E-state index contributed by atoms with van der Waals surface area (Å²) in [5, 5.41) is 15.8. The SMILES string of the molecule is CCN(CC)C(CNC(=NC)NCc1ccc(O)c(F)c1)c1ccccc1.I. The molecule has 0 heterocycles. The highest BCUT2D eigenvalue weighted by atomic mass is 127. The maximum Gasteiger partial charge on any atom is 0.191 e. The Kier molecular flexibility index (Phi) is 10.8. The third-order valence-electron chi connectivity index (χ3n) is 4.60. The van der Waals surface area contributed by atoms with Crippen LogP contribution in [0.4, 0.5) is 4.39 Å². The van der Waals surface area contributed by atoms with Gasteiger partial charge in [-0.1, -0.05) is 50.2 Å². The van der Waals surface area contributed by atoms with Crippen molar-refractivity contribution in [3.05, 3.63) is 65.5 Å². The van der Waals surface area contributed by atoms with Crippen molar-refractivity contribution in [3.8, 4) is 5.75 Å². The van der Waals surface area contributed by atoms with E-state index in [-0.39, 0.29) is 35.8 Å². The first-order valence-corrected chi connectivity index (χ1v) is 9.29. The van der Waals surface area contributed by atoms with Crippen molar-refractivity contribution < 1.29 is 9.50 Å². The highest BCUT2D eigenvalue weighted by Gasteiger charge is 2.18. The number of nitrogens with one attached hydrogen (secondary N) is 2. The molecule has 0 aliphatic heterocycles. The minimum Gasteiger partial charge on any atom is -0.505 e. The fourth-order valence-electron chi connectivity index (χ4n) is 3.06. The summed E-state index contributed by atoms with van der Waals surface area (Å²) in [6.45, 7) is 7.35. The van der Waals surface area contributed by atoms with Crippen LogP contribution in [0.5, 0.6) is 5.75 Å². The Hall–Kier alpha value is -1.87. The van der Waals surface area contributed by atoms with Crippen LogP contribution < -0.4 is 10.6 Å². The number of likely N-dealkylation sites (N-methyl/N-ethyl adjacent to an activating group) is 1. The zero-order valence-electron chi connectivity index (χ0n) is 16.7.